The van der Waals surface area contributed by atoms with Gasteiger partial charge in [0.05, 0.1) is 13.2 Å². The molecule has 5 nitrogen and oxygen atoms in total. The zero-order valence-electron chi connectivity index (χ0n) is 15.3. The van der Waals surface area contributed by atoms with E-state index >= 15 is 0 Å². The smallest absolute Gasteiger partial charge is 0.244 e. The second kappa shape index (κ2) is 7.89. The van der Waals surface area contributed by atoms with Gasteiger partial charge in [0.1, 0.15) is 17.4 Å². The number of hydrogen-bond acceptors (Lipinski definition) is 4. The van der Waals surface area contributed by atoms with Gasteiger partial charge >= 0.3 is 0 Å². The molecule has 2 aromatic rings. The van der Waals surface area contributed by atoms with Gasteiger partial charge in [-0.2, -0.15) is 0 Å². The van der Waals surface area contributed by atoms with Gasteiger partial charge in [-0.3, -0.25) is 4.79 Å². The van der Waals surface area contributed by atoms with Gasteiger partial charge in [0.2, 0.25) is 5.91 Å². The van der Waals surface area contributed by atoms with Crippen LogP contribution in [-0.4, -0.2) is 25.2 Å². The highest BCUT2D eigenvalue weighted by Gasteiger charge is 2.30. The summed E-state index contributed by atoms with van der Waals surface area (Å²) in [6.07, 6.45) is 0.949. The molecule has 138 valence electrons. The molecular formula is C21H26N2O3. The first kappa shape index (κ1) is 18.4. The molecule has 2 atom stereocenters. The highest BCUT2D eigenvalue weighted by molar-refractivity contribution is 5.87. The molecule has 1 aliphatic heterocycles. The van der Waals surface area contributed by atoms with Crippen LogP contribution in [0.3, 0.4) is 0 Å². The van der Waals surface area contributed by atoms with Crippen molar-refractivity contribution < 1.29 is 14.3 Å². The zero-order valence-corrected chi connectivity index (χ0v) is 15.3. The fraction of sp³-hybridized carbons (Fsp3) is 0.381. The van der Waals surface area contributed by atoms with Crippen molar-refractivity contribution in [2.24, 2.45) is 5.73 Å². The Balaban J connectivity index is 1.69. The van der Waals surface area contributed by atoms with E-state index in [4.69, 9.17) is 15.2 Å². The van der Waals surface area contributed by atoms with Crippen LogP contribution in [0, 0.1) is 6.92 Å². The molecule has 3 N–H and O–H groups in total. The number of carbonyl (C=O) groups is 1. The number of carbonyl (C=O) groups excluding carboxylic acids is 1. The fourth-order valence-corrected chi connectivity index (χ4v) is 2.98. The molecule has 1 aliphatic rings. The molecule has 0 aromatic heterocycles. The van der Waals surface area contributed by atoms with Gasteiger partial charge in [0.25, 0.3) is 0 Å². The summed E-state index contributed by atoms with van der Waals surface area (Å²) in [4.78, 5) is 12.7. The van der Waals surface area contributed by atoms with Crippen LogP contribution < -0.4 is 15.8 Å². The van der Waals surface area contributed by atoms with Crippen molar-refractivity contribution in [2.45, 2.75) is 38.5 Å². The third-order valence-corrected chi connectivity index (χ3v) is 4.69. The number of nitrogens with one attached hydrogen (secondary N) is 1. The lowest BCUT2D eigenvalue weighted by molar-refractivity contribution is -0.126. The molecule has 0 aliphatic carbocycles. The maximum atomic E-state index is 12.7. The van der Waals surface area contributed by atoms with E-state index in [0.29, 0.717) is 13.2 Å². The summed E-state index contributed by atoms with van der Waals surface area (Å²) < 4.78 is 11.5. The molecule has 0 radical (unpaired) electrons. The lowest BCUT2D eigenvalue weighted by atomic mass is 9.92. The van der Waals surface area contributed by atoms with Crippen molar-refractivity contribution in [1.29, 1.82) is 0 Å². The number of hydrogen-bond donors (Lipinski definition) is 2. The van der Waals surface area contributed by atoms with E-state index in [0.717, 1.165) is 35.5 Å². The Labute approximate surface area is 154 Å². The Kier molecular flexibility index (Phi) is 5.59. The van der Waals surface area contributed by atoms with Gasteiger partial charge in [-0.1, -0.05) is 42.5 Å². The summed E-state index contributed by atoms with van der Waals surface area (Å²) in [6, 6.07) is 15.4. The van der Waals surface area contributed by atoms with Crippen LogP contribution in [0.4, 0.5) is 0 Å². The highest BCUT2D eigenvalue weighted by Crippen LogP contribution is 2.24. The Morgan fingerprint density at radius 3 is 2.77 bits per heavy atom. The molecule has 5 heteroatoms. The highest BCUT2D eigenvalue weighted by atomic mass is 16.5. The van der Waals surface area contributed by atoms with Gasteiger partial charge in [-0.25, -0.2) is 0 Å². The van der Waals surface area contributed by atoms with Crippen molar-refractivity contribution in [1.82, 2.24) is 5.32 Å². The van der Waals surface area contributed by atoms with Crippen LogP contribution in [0.15, 0.2) is 48.5 Å². The average molecular weight is 354 g/mol. The molecule has 1 amide bonds. The second-order valence-electron chi connectivity index (χ2n) is 6.97. The molecule has 3 rings (SSSR count). The quantitative estimate of drug-likeness (QED) is 0.836. The monoisotopic (exact) mass is 354 g/mol. The minimum Gasteiger partial charge on any atom is -0.488 e. The summed E-state index contributed by atoms with van der Waals surface area (Å²) in [7, 11) is 0. The number of rotatable bonds is 6. The van der Waals surface area contributed by atoms with Gasteiger partial charge in [-0.15, -0.1) is 0 Å². The predicted octanol–water partition coefficient (Wildman–Crippen LogP) is 2.65. The van der Waals surface area contributed by atoms with E-state index in [1.165, 1.54) is 0 Å². The molecule has 0 bridgehead atoms. The fourth-order valence-electron chi connectivity index (χ4n) is 2.98. The zero-order chi connectivity index (χ0) is 18.6. The van der Waals surface area contributed by atoms with E-state index in [9.17, 15) is 4.79 Å². The Hall–Kier alpha value is -2.37. The Morgan fingerprint density at radius 1 is 1.31 bits per heavy atom. The number of nitrogens with two attached hydrogens (primary N) is 1. The summed E-state index contributed by atoms with van der Waals surface area (Å²) in [6.45, 7) is 5.44. The van der Waals surface area contributed by atoms with E-state index in [1.54, 1.807) is 6.92 Å². The van der Waals surface area contributed by atoms with Crippen molar-refractivity contribution >= 4 is 5.91 Å². The maximum absolute atomic E-state index is 12.7. The summed E-state index contributed by atoms with van der Waals surface area (Å²) in [5.41, 5.74) is 8.01. The van der Waals surface area contributed by atoms with Crippen LogP contribution in [0.1, 0.15) is 30.0 Å². The number of benzene rings is 2. The molecule has 26 heavy (non-hydrogen) atoms. The SMILES string of the molecule is Cc1ccc(CNC(=O)C(C)(N)c2ccccc2)c(OC2CCOC2)c1. The number of ether oxygens (including phenoxy) is 2. The molecule has 1 fully saturated rings. The summed E-state index contributed by atoms with van der Waals surface area (Å²) in [5, 5.41) is 2.95. The van der Waals surface area contributed by atoms with Crippen LogP contribution in [0.2, 0.25) is 0 Å². The van der Waals surface area contributed by atoms with Gasteiger partial charge in [-0.05, 0) is 31.0 Å². The van der Waals surface area contributed by atoms with Crippen LogP contribution in [0.5, 0.6) is 5.75 Å². The van der Waals surface area contributed by atoms with E-state index < -0.39 is 5.54 Å². The van der Waals surface area contributed by atoms with Crippen LogP contribution >= 0.6 is 0 Å². The molecule has 2 unspecified atom stereocenters. The van der Waals surface area contributed by atoms with E-state index in [2.05, 4.69) is 5.32 Å². The average Bonchev–Trinajstić information content (AvgIpc) is 3.14. The standard InChI is InChI=1S/C21H26N2O3/c1-15-8-9-16(19(12-15)26-18-10-11-25-14-18)13-23-20(24)21(2,22)17-6-4-3-5-7-17/h3-9,12,18H,10-11,13-14,22H2,1-2H3,(H,23,24). The van der Waals surface area contributed by atoms with Crippen LogP contribution in [-0.2, 0) is 21.6 Å². The third-order valence-electron chi connectivity index (χ3n) is 4.69. The number of aryl methyl sites for hydroxylation is 1. The van der Waals surface area contributed by atoms with Crippen molar-refractivity contribution in [3.63, 3.8) is 0 Å². The first-order valence-corrected chi connectivity index (χ1v) is 8.93. The summed E-state index contributed by atoms with van der Waals surface area (Å²) in [5.74, 6) is 0.568. The predicted molar refractivity (Wildman–Crippen MR) is 101 cm³/mol. The first-order chi connectivity index (χ1) is 12.5. The van der Waals surface area contributed by atoms with E-state index in [1.807, 2.05) is 55.5 Å². The minimum absolute atomic E-state index is 0.0651. The largest absolute Gasteiger partial charge is 0.488 e. The Morgan fingerprint density at radius 2 is 2.08 bits per heavy atom. The second-order valence-corrected chi connectivity index (χ2v) is 6.97. The van der Waals surface area contributed by atoms with E-state index in [-0.39, 0.29) is 12.0 Å². The summed E-state index contributed by atoms with van der Waals surface area (Å²) >= 11 is 0. The molecule has 1 saturated heterocycles. The van der Waals surface area contributed by atoms with Crippen molar-refractivity contribution in [2.75, 3.05) is 13.2 Å². The minimum atomic E-state index is -1.09. The van der Waals surface area contributed by atoms with Gasteiger partial charge in [0, 0.05) is 18.5 Å². The third kappa shape index (κ3) is 4.23. The Bertz CT molecular complexity index is 753. The van der Waals surface area contributed by atoms with Crippen molar-refractivity contribution in [3.8, 4) is 5.75 Å². The molecular weight excluding hydrogens is 328 g/mol. The number of amides is 1. The molecule has 2 aromatic carbocycles. The first-order valence-electron chi connectivity index (χ1n) is 8.93. The molecule has 0 saturated carbocycles. The molecule has 1 heterocycles. The topological polar surface area (TPSA) is 73.6 Å². The normalized spacial score (nSPS) is 19.0. The van der Waals surface area contributed by atoms with Crippen molar-refractivity contribution in [3.05, 3.63) is 65.2 Å². The van der Waals surface area contributed by atoms with Gasteiger partial charge < -0.3 is 20.5 Å². The lowest BCUT2D eigenvalue weighted by Crippen LogP contribution is -2.48. The lowest BCUT2D eigenvalue weighted by Gasteiger charge is -2.24. The maximum Gasteiger partial charge on any atom is 0.244 e. The molecule has 0 spiro atoms. The van der Waals surface area contributed by atoms with Crippen LogP contribution in [0.25, 0.3) is 0 Å². The van der Waals surface area contributed by atoms with Gasteiger partial charge in [0.15, 0.2) is 0 Å².